The molecule has 0 atom stereocenters. The summed E-state index contributed by atoms with van der Waals surface area (Å²) in [5.41, 5.74) is 2.48. The fraction of sp³-hybridized carbons (Fsp3) is 0.263. The van der Waals surface area contributed by atoms with Crippen molar-refractivity contribution in [2.75, 3.05) is 11.9 Å². The highest BCUT2D eigenvalue weighted by atomic mass is 79.9. The van der Waals surface area contributed by atoms with Gasteiger partial charge in [-0.1, -0.05) is 45.0 Å². The van der Waals surface area contributed by atoms with E-state index in [1.807, 2.05) is 30.3 Å². The van der Waals surface area contributed by atoms with Gasteiger partial charge >= 0.3 is 0 Å². The van der Waals surface area contributed by atoms with Crippen LogP contribution in [0.2, 0.25) is 0 Å². The number of carbonyl (C=O) groups excluding carboxylic acids is 2. The Balaban J connectivity index is 1.90. The molecule has 126 valence electrons. The van der Waals surface area contributed by atoms with Crippen LogP contribution in [0.25, 0.3) is 0 Å². The average Bonchev–Trinajstić information content (AvgIpc) is 2.53. The van der Waals surface area contributed by atoms with Gasteiger partial charge in [-0.3, -0.25) is 9.59 Å². The molecule has 0 aliphatic heterocycles. The van der Waals surface area contributed by atoms with Gasteiger partial charge < -0.3 is 10.6 Å². The van der Waals surface area contributed by atoms with Crippen molar-refractivity contribution in [1.29, 1.82) is 0 Å². The topological polar surface area (TPSA) is 58.2 Å². The largest absolute Gasteiger partial charge is 0.343 e. The molecule has 0 spiro atoms. The van der Waals surface area contributed by atoms with Gasteiger partial charge in [0.1, 0.15) is 0 Å². The summed E-state index contributed by atoms with van der Waals surface area (Å²) in [7, 11) is 0. The minimum atomic E-state index is -0.291. The zero-order valence-corrected chi connectivity index (χ0v) is 15.6. The van der Waals surface area contributed by atoms with Gasteiger partial charge in [-0.05, 0) is 51.2 Å². The highest BCUT2D eigenvalue weighted by Gasteiger charge is 2.14. The minimum Gasteiger partial charge on any atom is -0.343 e. The van der Waals surface area contributed by atoms with Gasteiger partial charge in [0.15, 0.2) is 0 Å². The predicted molar refractivity (Wildman–Crippen MR) is 100 cm³/mol. The van der Waals surface area contributed by atoms with Crippen molar-refractivity contribution < 1.29 is 9.59 Å². The Morgan fingerprint density at radius 3 is 2.21 bits per heavy atom. The fourth-order valence-electron chi connectivity index (χ4n) is 2.16. The maximum atomic E-state index is 12.1. The van der Waals surface area contributed by atoms with Crippen LogP contribution in [0, 0.1) is 0 Å². The van der Waals surface area contributed by atoms with Crippen LogP contribution in [0.4, 0.5) is 5.69 Å². The number of anilines is 1. The van der Waals surface area contributed by atoms with E-state index in [0.717, 1.165) is 0 Å². The summed E-state index contributed by atoms with van der Waals surface area (Å²) in [6, 6.07) is 14.8. The molecule has 0 heterocycles. The van der Waals surface area contributed by atoms with Crippen molar-refractivity contribution in [3.05, 3.63) is 64.1 Å². The number of amides is 2. The Bertz CT molecular complexity index is 734. The molecule has 2 amide bonds. The van der Waals surface area contributed by atoms with E-state index in [0.29, 0.717) is 15.7 Å². The minimum absolute atomic E-state index is 0.0690. The van der Waals surface area contributed by atoms with Crippen molar-refractivity contribution in [3.63, 3.8) is 0 Å². The van der Waals surface area contributed by atoms with Gasteiger partial charge in [0.05, 0.1) is 12.1 Å². The first kappa shape index (κ1) is 18.2. The Morgan fingerprint density at radius 1 is 1.00 bits per heavy atom. The van der Waals surface area contributed by atoms with Crippen molar-refractivity contribution in [3.8, 4) is 0 Å². The smallest absolute Gasteiger partial charge is 0.252 e. The lowest BCUT2D eigenvalue weighted by Crippen LogP contribution is -2.33. The van der Waals surface area contributed by atoms with Crippen LogP contribution in [0.1, 0.15) is 36.7 Å². The first-order valence-electron chi connectivity index (χ1n) is 7.70. The number of carbonyl (C=O) groups is 2. The molecule has 0 aliphatic rings. The Labute approximate surface area is 150 Å². The summed E-state index contributed by atoms with van der Waals surface area (Å²) >= 11 is 3.32. The lowest BCUT2D eigenvalue weighted by atomic mass is 9.87. The maximum absolute atomic E-state index is 12.1. The zero-order chi connectivity index (χ0) is 17.7. The number of nitrogens with one attached hydrogen (secondary N) is 2. The number of benzene rings is 2. The highest BCUT2D eigenvalue weighted by Crippen LogP contribution is 2.23. The van der Waals surface area contributed by atoms with Gasteiger partial charge in [0.2, 0.25) is 5.91 Å². The third kappa shape index (κ3) is 4.93. The molecule has 24 heavy (non-hydrogen) atoms. The fourth-order valence-corrected chi connectivity index (χ4v) is 2.62. The van der Waals surface area contributed by atoms with Crippen molar-refractivity contribution >= 4 is 33.4 Å². The Hall–Kier alpha value is -2.14. The van der Waals surface area contributed by atoms with E-state index in [1.54, 1.807) is 18.2 Å². The molecule has 0 aromatic heterocycles. The predicted octanol–water partition coefficient (Wildman–Crippen LogP) is 4.12. The van der Waals surface area contributed by atoms with E-state index < -0.39 is 0 Å². The Morgan fingerprint density at radius 2 is 1.62 bits per heavy atom. The summed E-state index contributed by atoms with van der Waals surface area (Å²) in [5.74, 6) is -0.556. The zero-order valence-electron chi connectivity index (χ0n) is 14.0. The molecule has 0 fully saturated rings. The van der Waals surface area contributed by atoms with E-state index in [4.69, 9.17) is 0 Å². The molecule has 2 rings (SSSR count). The van der Waals surface area contributed by atoms with Gasteiger partial charge in [0, 0.05) is 10.2 Å². The third-order valence-corrected chi connectivity index (χ3v) is 4.25. The SMILES string of the molecule is CC(C)(C)c1ccc(NC(=O)CNC(=O)c2ccccc2Br)cc1. The average molecular weight is 389 g/mol. The van der Waals surface area contributed by atoms with E-state index >= 15 is 0 Å². The summed E-state index contributed by atoms with van der Waals surface area (Å²) in [5, 5.41) is 5.39. The molecule has 2 N–H and O–H groups in total. The van der Waals surface area contributed by atoms with Crippen LogP contribution < -0.4 is 10.6 Å². The quantitative estimate of drug-likeness (QED) is 0.827. The van der Waals surface area contributed by atoms with Crippen LogP contribution in [0.5, 0.6) is 0 Å². The van der Waals surface area contributed by atoms with Gasteiger partial charge in [-0.25, -0.2) is 0 Å². The van der Waals surface area contributed by atoms with E-state index in [9.17, 15) is 9.59 Å². The molecule has 2 aromatic rings. The summed E-state index contributed by atoms with van der Waals surface area (Å²) in [6.07, 6.45) is 0. The van der Waals surface area contributed by atoms with Gasteiger partial charge in [0.25, 0.3) is 5.91 Å². The summed E-state index contributed by atoms with van der Waals surface area (Å²) < 4.78 is 0.695. The van der Waals surface area contributed by atoms with Crippen molar-refractivity contribution in [2.45, 2.75) is 26.2 Å². The van der Waals surface area contributed by atoms with E-state index in [-0.39, 0.29) is 23.8 Å². The number of hydrogen-bond donors (Lipinski definition) is 2. The number of hydrogen-bond acceptors (Lipinski definition) is 2. The van der Waals surface area contributed by atoms with E-state index in [2.05, 4.69) is 47.3 Å². The first-order valence-corrected chi connectivity index (χ1v) is 8.50. The van der Waals surface area contributed by atoms with Crippen molar-refractivity contribution in [2.24, 2.45) is 0 Å². The maximum Gasteiger partial charge on any atom is 0.252 e. The van der Waals surface area contributed by atoms with Crippen LogP contribution in [0.3, 0.4) is 0 Å². The molecule has 2 aromatic carbocycles. The summed E-state index contributed by atoms with van der Waals surface area (Å²) in [6.45, 7) is 6.33. The molecule has 0 saturated carbocycles. The number of rotatable bonds is 4. The molecule has 0 saturated heterocycles. The van der Waals surface area contributed by atoms with Crippen LogP contribution >= 0.6 is 15.9 Å². The third-order valence-electron chi connectivity index (χ3n) is 3.56. The molecule has 0 radical (unpaired) electrons. The molecular formula is C19H21BrN2O2. The molecule has 5 heteroatoms. The van der Waals surface area contributed by atoms with Gasteiger partial charge in [-0.15, -0.1) is 0 Å². The molecule has 0 bridgehead atoms. The monoisotopic (exact) mass is 388 g/mol. The lowest BCUT2D eigenvalue weighted by molar-refractivity contribution is -0.115. The molecule has 0 unspecified atom stereocenters. The molecule has 0 aliphatic carbocycles. The second-order valence-corrected chi connectivity index (χ2v) is 7.39. The standard InChI is InChI=1S/C19H21BrN2O2/c1-19(2,3)13-8-10-14(11-9-13)22-17(23)12-21-18(24)15-6-4-5-7-16(15)20/h4-11H,12H2,1-3H3,(H,21,24)(H,22,23). The molecule has 4 nitrogen and oxygen atoms in total. The second-order valence-electron chi connectivity index (χ2n) is 6.54. The lowest BCUT2D eigenvalue weighted by Gasteiger charge is -2.19. The molecular weight excluding hydrogens is 368 g/mol. The van der Waals surface area contributed by atoms with Gasteiger partial charge in [-0.2, -0.15) is 0 Å². The second kappa shape index (κ2) is 7.62. The van der Waals surface area contributed by atoms with Crippen molar-refractivity contribution in [1.82, 2.24) is 5.32 Å². The summed E-state index contributed by atoms with van der Waals surface area (Å²) in [4.78, 5) is 24.0. The number of halogens is 1. The van der Waals surface area contributed by atoms with Crippen LogP contribution in [-0.4, -0.2) is 18.4 Å². The normalized spacial score (nSPS) is 11.0. The van der Waals surface area contributed by atoms with Crippen LogP contribution in [0.15, 0.2) is 53.0 Å². The highest BCUT2D eigenvalue weighted by molar-refractivity contribution is 9.10. The first-order chi connectivity index (χ1) is 11.3. The van der Waals surface area contributed by atoms with Crippen LogP contribution in [-0.2, 0) is 10.2 Å². The Kier molecular flexibility index (Phi) is 5.78. The van der Waals surface area contributed by atoms with E-state index in [1.165, 1.54) is 5.56 Å².